The molecule has 0 aliphatic carbocycles. The van der Waals surface area contributed by atoms with Gasteiger partial charge >= 0.3 is 0 Å². The smallest absolute Gasteiger partial charge is 0.223 e. The molecule has 1 N–H and O–H groups in total. The predicted molar refractivity (Wildman–Crippen MR) is 91.8 cm³/mol. The fourth-order valence-electron chi connectivity index (χ4n) is 3.04. The van der Waals surface area contributed by atoms with Crippen LogP contribution in [0.3, 0.4) is 0 Å². The van der Waals surface area contributed by atoms with Crippen molar-refractivity contribution in [2.45, 2.75) is 32.4 Å². The van der Waals surface area contributed by atoms with Crippen molar-refractivity contribution < 1.29 is 9.53 Å². The van der Waals surface area contributed by atoms with Crippen molar-refractivity contribution in [3.05, 3.63) is 40.9 Å². The Morgan fingerprint density at radius 2 is 2.39 bits per heavy atom. The van der Waals surface area contributed by atoms with Gasteiger partial charge in [0.1, 0.15) is 5.75 Å². The zero-order chi connectivity index (χ0) is 16.2. The number of amides is 1. The van der Waals surface area contributed by atoms with Crippen LogP contribution in [0.4, 0.5) is 5.13 Å². The van der Waals surface area contributed by atoms with E-state index in [0.29, 0.717) is 11.2 Å². The SMILES string of the molecule is COc1cccc(C2CCCN2Cc2csc(NC(C)=O)n2)c1. The summed E-state index contributed by atoms with van der Waals surface area (Å²) in [5.41, 5.74) is 2.30. The molecule has 1 fully saturated rings. The van der Waals surface area contributed by atoms with E-state index >= 15 is 0 Å². The van der Waals surface area contributed by atoms with Crippen LogP contribution >= 0.6 is 11.3 Å². The molecule has 2 aromatic rings. The van der Waals surface area contributed by atoms with Gasteiger partial charge in [-0.2, -0.15) is 0 Å². The van der Waals surface area contributed by atoms with Crippen molar-refractivity contribution in [1.29, 1.82) is 0 Å². The number of nitrogens with zero attached hydrogens (tertiary/aromatic N) is 2. The molecule has 23 heavy (non-hydrogen) atoms. The first-order chi connectivity index (χ1) is 11.2. The molecule has 1 saturated heterocycles. The van der Waals surface area contributed by atoms with Gasteiger partial charge in [0.25, 0.3) is 0 Å². The minimum atomic E-state index is -0.0821. The maximum Gasteiger partial charge on any atom is 0.223 e. The number of ether oxygens (including phenoxy) is 1. The van der Waals surface area contributed by atoms with Gasteiger partial charge in [0.05, 0.1) is 12.8 Å². The number of likely N-dealkylation sites (tertiary alicyclic amines) is 1. The van der Waals surface area contributed by atoms with Gasteiger partial charge in [0, 0.05) is 24.9 Å². The third-order valence-electron chi connectivity index (χ3n) is 4.04. The Labute approximate surface area is 140 Å². The van der Waals surface area contributed by atoms with Crippen molar-refractivity contribution in [2.24, 2.45) is 0 Å². The maximum absolute atomic E-state index is 11.1. The van der Waals surface area contributed by atoms with Crippen molar-refractivity contribution in [2.75, 3.05) is 19.0 Å². The molecule has 0 spiro atoms. The van der Waals surface area contributed by atoms with Gasteiger partial charge in [-0.3, -0.25) is 9.69 Å². The molecule has 3 rings (SSSR count). The highest BCUT2D eigenvalue weighted by atomic mass is 32.1. The standard InChI is InChI=1S/C17H21N3O2S/c1-12(21)18-17-19-14(11-23-17)10-20-8-4-7-16(20)13-5-3-6-15(9-13)22-2/h3,5-6,9,11,16H,4,7-8,10H2,1-2H3,(H,18,19,21). The minimum absolute atomic E-state index is 0.0821. The fourth-order valence-corrected chi connectivity index (χ4v) is 3.78. The van der Waals surface area contributed by atoms with Gasteiger partial charge < -0.3 is 10.1 Å². The van der Waals surface area contributed by atoms with Gasteiger partial charge in [-0.1, -0.05) is 12.1 Å². The van der Waals surface area contributed by atoms with E-state index in [1.165, 1.54) is 30.2 Å². The highest BCUT2D eigenvalue weighted by Crippen LogP contribution is 2.34. The number of carbonyl (C=O) groups is 1. The Bertz CT molecular complexity index is 686. The van der Waals surface area contributed by atoms with Crippen LogP contribution in [0, 0.1) is 0 Å². The second-order valence-electron chi connectivity index (χ2n) is 5.73. The third kappa shape index (κ3) is 3.89. The predicted octanol–water partition coefficient (Wildman–Crippen LogP) is 3.45. The number of anilines is 1. The van der Waals surface area contributed by atoms with Crippen LogP contribution in [0.25, 0.3) is 0 Å². The van der Waals surface area contributed by atoms with Crippen molar-refractivity contribution in [1.82, 2.24) is 9.88 Å². The molecule has 5 nitrogen and oxygen atoms in total. The minimum Gasteiger partial charge on any atom is -0.497 e. The normalized spacial score (nSPS) is 18.1. The van der Waals surface area contributed by atoms with Gasteiger partial charge in [0.2, 0.25) is 5.91 Å². The third-order valence-corrected chi connectivity index (χ3v) is 4.85. The number of benzene rings is 1. The van der Waals surface area contributed by atoms with Gasteiger partial charge in [-0.05, 0) is 37.1 Å². The van der Waals surface area contributed by atoms with Crippen LogP contribution in [0.15, 0.2) is 29.6 Å². The summed E-state index contributed by atoms with van der Waals surface area (Å²) in [5, 5.41) is 5.43. The molecule has 0 radical (unpaired) electrons. The van der Waals surface area contributed by atoms with Crippen LogP contribution in [0.1, 0.15) is 37.1 Å². The fraction of sp³-hybridized carbons (Fsp3) is 0.412. The molecule has 1 atom stereocenters. The molecule has 0 saturated carbocycles. The van der Waals surface area contributed by atoms with E-state index in [-0.39, 0.29) is 5.91 Å². The molecular weight excluding hydrogens is 310 g/mol. The monoisotopic (exact) mass is 331 g/mol. The molecule has 1 unspecified atom stereocenters. The summed E-state index contributed by atoms with van der Waals surface area (Å²) in [6.45, 7) is 3.37. The Morgan fingerprint density at radius 1 is 1.52 bits per heavy atom. The molecule has 1 aromatic carbocycles. The van der Waals surface area contributed by atoms with E-state index in [1.54, 1.807) is 7.11 Å². The van der Waals surface area contributed by atoms with Crippen LogP contribution in [-0.4, -0.2) is 29.4 Å². The number of hydrogen-bond acceptors (Lipinski definition) is 5. The molecule has 6 heteroatoms. The van der Waals surface area contributed by atoms with Crippen molar-refractivity contribution in [3.63, 3.8) is 0 Å². The lowest BCUT2D eigenvalue weighted by atomic mass is 10.0. The van der Waals surface area contributed by atoms with Crippen LogP contribution in [0.5, 0.6) is 5.75 Å². The number of methoxy groups -OCH3 is 1. The summed E-state index contributed by atoms with van der Waals surface area (Å²) in [7, 11) is 1.70. The van der Waals surface area contributed by atoms with Crippen LogP contribution < -0.4 is 10.1 Å². The zero-order valence-corrected chi connectivity index (χ0v) is 14.2. The van der Waals surface area contributed by atoms with Gasteiger partial charge in [-0.15, -0.1) is 11.3 Å². The molecule has 122 valence electrons. The summed E-state index contributed by atoms with van der Waals surface area (Å²) < 4.78 is 5.34. The van der Waals surface area contributed by atoms with E-state index < -0.39 is 0 Å². The molecule has 1 amide bonds. The van der Waals surface area contributed by atoms with Crippen molar-refractivity contribution in [3.8, 4) is 5.75 Å². The van der Waals surface area contributed by atoms with Crippen molar-refractivity contribution >= 4 is 22.4 Å². The maximum atomic E-state index is 11.1. The second-order valence-corrected chi connectivity index (χ2v) is 6.59. The Balaban J connectivity index is 1.71. The lowest BCUT2D eigenvalue weighted by Gasteiger charge is -2.24. The number of nitrogens with one attached hydrogen (secondary N) is 1. The Morgan fingerprint density at radius 3 is 3.17 bits per heavy atom. The molecular formula is C17H21N3O2S. The average molecular weight is 331 g/mol. The molecule has 0 bridgehead atoms. The summed E-state index contributed by atoms with van der Waals surface area (Å²) in [5.74, 6) is 0.817. The molecule has 1 aliphatic rings. The number of aromatic nitrogens is 1. The van der Waals surface area contributed by atoms with Gasteiger partial charge in [0.15, 0.2) is 5.13 Å². The quantitative estimate of drug-likeness (QED) is 0.912. The first kappa shape index (κ1) is 16.0. The summed E-state index contributed by atoms with van der Waals surface area (Å²) >= 11 is 1.47. The number of carbonyl (C=O) groups excluding carboxylic acids is 1. The molecule has 1 aromatic heterocycles. The van der Waals surface area contributed by atoms with E-state index in [0.717, 1.165) is 31.0 Å². The van der Waals surface area contributed by atoms with E-state index in [1.807, 2.05) is 17.5 Å². The number of rotatable bonds is 5. The first-order valence-electron chi connectivity index (χ1n) is 7.75. The van der Waals surface area contributed by atoms with E-state index in [2.05, 4.69) is 27.3 Å². The zero-order valence-electron chi connectivity index (χ0n) is 13.4. The van der Waals surface area contributed by atoms with E-state index in [4.69, 9.17) is 4.74 Å². The summed E-state index contributed by atoms with van der Waals surface area (Å²) in [6.07, 6.45) is 2.33. The summed E-state index contributed by atoms with van der Waals surface area (Å²) in [6, 6.07) is 8.70. The number of thiazole rings is 1. The Hall–Kier alpha value is -1.92. The highest BCUT2D eigenvalue weighted by Gasteiger charge is 2.26. The first-order valence-corrected chi connectivity index (χ1v) is 8.63. The largest absolute Gasteiger partial charge is 0.497 e. The summed E-state index contributed by atoms with van der Waals surface area (Å²) in [4.78, 5) is 18.0. The number of hydrogen-bond donors (Lipinski definition) is 1. The molecule has 1 aliphatic heterocycles. The van der Waals surface area contributed by atoms with Crippen LogP contribution in [-0.2, 0) is 11.3 Å². The van der Waals surface area contributed by atoms with Crippen LogP contribution in [0.2, 0.25) is 0 Å². The lowest BCUT2D eigenvalue weighted by molar-refractivity contribution is -0.114. The average Bonchev–Trinajstić information content (AvgIpc) is 3.17. The van der Waals surface area contributed by atoms with E-state index in [9.17, 15) is 4.79 Å². The Kier molecular flexibility index (Phi) is 4.93. The van der Waals surface area contributed by atoms with Gasteiger partial charge in [-0.25, -0.2) is 4.98 Å². The molecule has 2 heterocycles. The second kappa shape index (κ2) is 7.10. The lowest BCUT2D eigenvalue weighted by Crippen LogP contribution is -2.23. The highest BCUT2D eigenvalue weighted by molar-refractivity contribution is 7.13. The topological polar surface area (TPSA) is 54.5 Å².